The van der Waals surface area contributed by atoms with Crippen molar-refractivity contribution >= 4 is 23.3 Å². The summed E-state index contributed by atoms with van der Waals surface area (Å²) in [5.74, 6) is -0.859. The van der Waals surface area contributed by atoms with E-state index in [9.17, 15) is 9.59 Å². The van der Waals surface area contributed by atoms with Crippen LogP contribution in [-0.4, -0.2) is 39.6 Å². The normalized spacial score (nSPS) is 18.9. The summed E-state index contributed by atoms with van der Waals surface area (Å²) >= 11 is 1.48. The van der Waals surface area contributed by atoms with Gasteiger partial charge in [0.15, 0.2) is 0 Å². The Morgan fingerprint density at radius 1 is 1.61 bits per heavy atom. The quantitative estimate of drug-likeness (QED) is 0.863. The molecule has 1 aliphatic heterocycles. The molecule has 0 saturated carbocycles. The van der Waals surface area contributed by atoms with E-state index in [1.165, 1.54) is 11.3 Å². The minimum Gasteiger partial charge on any atom is -0.481 e. The number of carboxylic acid groups (broad SMARTS) is 1. The van der Waals surface area contributed by atoms with Crippen molar-refractivity contribution in [1.82, 2.24) is 15.2 Å². The Balaban J connectivity index is 1.85. The van der Waals surface area contributed by atoms with Gasteiger partial charge in [0.2, 0.25) is 0 Å². The van der Waals surface area contributed by atoms with E-state index >= 15 is 0 Å². The van der Waals surface area contributed by atoms with Crippen molar-refractivity contribution in [1.29, 1.82) is 0 Å². The Morgan fingerprint density at radius 3 is 3.11 bits per heavy atom. The highest BCUT2D eigenvalue weighted by molar-refractivity contribution is 7.09. The van der Waals surface area contributed by atoms with E-state index in [0.717, 1.165) is 17.7 Å². The van der Waals surface area contributed by atoms with Crippen LogP contribution in [0.25, 0.3) is 0 Å². The van der Waals surface area contributed by atoms with Crippen LogP contribution in [0.3, 0.4) is 0 Å². The lowest BCUT2D eigenvalue weighted by Gasteiger charge is -2.23. The average Bonchev–Trinajstić information content (AvgIpc) is 2.95. The molecule has 1 unspecified atom stereocenters. The van der Waals surface area contributed by atoms with Crippen LogP contribution in [0.4, 0.5) is 4.79 Å². The number of carbonyl (C=O) groups excluding carboxylic acids is 1. The molecule has 0 radical (unpaired) electrons. The van der Waals surface area contributed by atoms with Crippen molar-refractivity contribution in [3.05, 3.63) is 16.6 Å². The summed E-state index contributed by atoms with van der Waals surface area (Å²) in [5.41, 5.74) is 1.71. The molecule has 1 saturated heterocycles. The van der Waals surface area contributed by atoms with Crippen LogP contribution in [-0.2, 0) is 11.3 Å². The van der Waals surface area contributed by atoms with Crippen LogP contribution in [0.5, 0.6) is 0 Å². The second-order valence-electron chi connectivity index (χ2n) is 4.21. The number of hydrogen-bond donors (Lipinski definition) is 2. The van der Waals surface area contributed by atoms with E-state index in [2.05, 4.69) is 10.3 Å². The predicted octanol–water partition coefficient (Wildman–Crippen LogP) is 1.29. The highest BCUT2D eigenvalue weighted by atomic mass is 32.1. The van der Waals surface area contributed by atoms with E-state index in [4.69, 9.17) is 5.11 Å². The van der Waals surface area contributed by atoms with Crippen LogP contribution in [0.2, 0.25) is 0 Å². The molecule has 98 valence electrons. The number of carboxylic acids is 1. The van der Waals surface area contributed by atoms with Gasteiger partial charge in [-0.05, 0) is 12.8 Å². The standard InChI is InChI=1S/C11H15N3O3S/c15-10(16)4-8-2-1-3-14(8)11(17)13-6-9-5-12-7-18-9/h5,7-8H,1-4,6H2,(H,13,17)(H,15,16). The molecule has 2 heterocycles. The molecule has 18 heavy (non-hydrogen) atoms. The van der Waals surface area contributed by atoms with Gasteiger partial charge < -0.3 is 15.3 Å². The van der Waals surface area contributed by atoms with Crippen LogP contribution in [0, 0.1) is 0 Å². The zero-order chi connectivity index (χ0) is 13.0. The van der Waals surface area contributed by atoms with Crippen molar-refractivity contribution in [3.63, 3.8) is 0 Å². The van der Waals surface area contributed by atoms with E-state index in [-0.39, 0.29) is 18.5 Å². The molecule has 0 aromatic carbocycles. The SMILES string of the molecule is O=C(O)CC1CCCN1C(=O)NCc1cncs1. The number of hydrogen-bond acceptors (Lipinski definition) is 4. The number of likely N-dealkylation sites (tertiary alicyclic amines) is 1. The van der Waals surface area contributed by atoms with E-state index < -0.39 is 5.97 Å². The zero-order valence-electron chi connectivity index (χ0n) is 9.83. The number of aliphatic carboxylic acids is 1. The number of rotatable bonds is 4. The predicted molar refractivity (Wildman–Crippen MR) is 66.3 cm³/mol. The molecule has 1 aromatic rings. The molecule has 2 N–H and O–H groups in total. The molecule has 6 nitrogen and oxygen atoms in total. The number of thiazole rings is 1. The molecule has 7 heteroatoms. The topological polar surface area (TPSA) is 82.5 Å². The van der Waals surface area contributed by atoms with Crippen molar-refractivity contribution in [2.24, 2.45) is 0 Å². The summed E-state index contributed by atoms with van der Waals surface area (Å²) in [6.45, 7) is 1.08. The molecule has 0 aliphatic carbocycles. The van der Waals surface area contributed by atoms with Gasteiger partial charge in [0, 0.05) is 23.7 Å². The van der Waals surface area contributed by atoms with Gasteiger partial charge in [-0.15, -0.1) is 11.3 Å². The Kier molecular flexibility index (Phi) is 4.14. The van der Waals surface area contributed by atoms with Crippen LogP contribution in [0.15, 0.2) is 11.7 Å². The Bertz CT molecular complexity index is 421. The summed E-state index contributed by atoms with van der Waals surface area (Å²) in [4.78, 5) is 29.2. The number of carbonyl (C=O) groups is 2. The average molecular weight is 269 g/mol. The first kappa shape index (κ1) is 12.8. The molecule has 1 fully saturated rings. The fourth-order valence-corrected chi connectivity index (χ4v) is 2.64. The molecule has 1 atom stereocenters. The van der Waals surface area contributed by atoms with E-state index in [1.807, 2.05) is 0 Å². The third-order valence-electron chi connectivity index (χ3n) is 2.95. The lowest BCUT2D eigenvalue weighted by atomic mass is 10.1. The molecule has 2 amide bonds. The minimum atomic E-state index is -0.859. The Hall–Kier alpha value is -1.63. The zero-order valence-corrected chi connectivity index (χ0v) is 10.7. The number of nitrogens with zero attached hydrogens (tertiary/aromatic N) is 2. The lowest BCUT2D eigenvalue weighted by Crippen LogP contribution is -2.43. The second-order valence-corrected chi connectivity index (χ2v) is 5.18. The summed E-state index contributed by atoms with van der Waals surface area (Å²) in [6.07, 6.45) is 3.36. The third kappa shape index (κ3) is 3.19. The van der Waals surface area contributed by atoms with Gasteiger partial charge in [-0.3, -0.25) is 9.78 Å². The molecule has 1 aliphatic rings. The number of nitrogens with one attached hydrogen (secondary N) is 1. The van der Waals surface area contributed by atoms with E-state index in [1.54, 1.807) is 16.6 Å². The molecule has 0 spiro atoms. The second kappa shape index (κ2) is 5.81. The maximum atomic E-state index is 11.9. The minimum absolute atomic E-state index is 0.0218. The molecule has 0 bridgehead atoms. The Morgan fingerprint density at radius 2 is 2.44 bits per heavy atom. The maximum absolute atomic E-state index is 11.9. The van der Waals surface area contributed by atoms with Crippen molar-refractivity contribution in [2.45, 2.75) is 31.8 Å². The Labute approximate surface area is 109 Å². The van der Waals surface area contributed by atoms with Gasteiger partial charge in [-0.25, -0.2) is 4.79 Å². The highest BCUT2D eigenvalue weighted by Crippen LogP contribution is 2.20. The first-order valence-corrected chi connectivity index (χ1v) is 6.68. The number of aromatic nitrogens is 1. The largest absolute Gasteiger partial charge is 0.481 e. The fraction of sp³-hybridized carbons (Fsp3) is 0.545. The molecule has 2 rings (SSSR count). The highest BCUT2D eigenvalue weighted by Gasteiger charge is 2.30. The fourth-order valence-electron chi connectivity index (χ4n) is 2.11. The van der Waals surface area contributed by atoms with Crippen LogP contribution in [0.1, 0.15) is 24.1 Å². The van der Waals surface area contributed by atoms with Gasteiger partial charge >= 0.3 is 12.0 Å². The summed E-state index contributed by atoms with van der Waals surface area (Å²) in [7, 11) is 0. The smallest absolute Gasteiger partial charge is 0.317 e. The monoisotopic (exact) mass is 269 g/mol. The number of amides is 2. The third-order valence-corrected chi connectivity index (χ3v) is 3.73. The van der Waals surface area contributed by atoms with Gasteiger partial charge in [0.1, 0.15) is 0 Å². The van der Waals surface area contributed by atoms with Gasteiger partial charge in [0.05, 0.1) is 18.5 Å². The summed E-state index contributed by atoms with van der Waals surface area (Å²) in [6, 6.07) is -0.365. The van der Waals surface area contributed by atoms with Crippen molar-refractivity contribution in [2.75, 3.05) is 6.54 Å². The molecular formula is C11H15N3O3S. The van der Waals surface area contributed by atoms with Crippen LogP contribution < -0.4 is 5.32 Å². The summed E-state index contributed by atoms with van der Waals surface area (Å²) in [5, 5.41) is 11.6. The molecule has 1 aromatic heterocycles. The maximum Gasteiger partial charge on any atom is 0.317 e. The summed E-state index contributed by atoms with van der Waals surface area (Å²) < 4.78 is 0. The van der Waals surface area contributed by atoms with Crippen molar-refractivity contribution < 1.29 is 14.7 Å². The van der Waals surface area contributed by atoms with E-state index in [0.29, 0.717) is 13.1 Å². The first-order chi connectivity index (χ1) is 8.66. The number of urea groups is 1. The van der Waals surface area contributed by atoms with Gasteiger partial charge in [-0.2, -0.15) is 0 Å². The lowest BCUT2D eigenvalue weighted by molar-refractivity contribution is -0.137. The van der Waals surface area contributed by atoms with Crippen LogP contribution >= 0.6 is 11.3 Å². The van der Waals surface area contributed by atoms with Gasteiger partial charge in [0.25, 0.3) is 0 Å². The molecular weight excluding hydrogens is 254 g/mol. The van der Waals surface area contributed by atoms with Crippen molar-refractivity contribution in [3.8, 4) is 0 Å². The first-order valence-electron chi connectivity index (χ1n) is 5.80. The van der Waals surface area contributed by atoms with Gasteiger partial charge in [-0.1, -0.05) is 0 Å².